The Balaban J connectivity index is 2.50. The third kappa shape index (κ3) is 3.17. The van der Waals surface area contributed by atoms with Gasteiger partial charge >= 0.3 is 0 Å². The minimum Gasteiger partial charge on any atom is -0.290 e. The second-order valence-electron chi connectivity index (χ2n) is 4.73. The number of allylic oxidation sites excluding steroid dienone is 4. The number of rotatable bonds is 3. The lowest BCUT2D eigenvalue weighted by atomic mass is 9.99. The van der Waals surface area contributed by atoms with Crippen LogP contribution in [-0.4, -0.2) is 24.8 Å². The minimum absolute atomic E-state index is 0.142. The highest BCUT2D eigenvalue weighted by Crippen LogP contribution is 2.21. The maximum Gasteiger partial charge on any atom is 0.283 e. The van der Waals surface area contributed by atoms with Gasteiger partial charge in [-0.3, -0.25) is 14.9 Å². The lowest BCUT2D eigenvalue weighted by Gasteiger charge is -2.09. The van der Waals surface area contributed by atoms with E-state index in [1.807, 2.05) is 0 Å². The van der Waals surface area contributed by atoms with Gasteiger partial charge in [0, 0.05) is 12.1 Å². The summed E-state index contributed by atoms with van der Waals surface area (Å²) in [5, 5.41) is 10.7. The molecule has 0 atom stereocenters. The van der Waals surface area contributed by atoms with Crippen molar-refractivity contribution < 1.29 is 18.1 Å². The molecule has 0 heterocycles. The summed E-state index contributed by atoms with van der Waals surface area (Å²) in [5.41, 5.74) is 0.603. The third-order valence-corrected chi connectivity index (χ3v) is 4.33. The van der Waals surface area contributed by atoms with Gasteiger partial charge in [-0.25, -0.2) is 0 Å². The van der Waals surface area contributed by atoms with Crippen molar-refractivity contribution in [1.82, 2.24) is 0 Å². The summed E-state index contributed by atoms with van der Waals surface area (Å²) in [6, 6.07) is 4.65. The molecule has 1 aromatic rings. The number of non-ortho nitro benzene ring substituents is 1. The minimum atomic E-state index is -4.10. The van der Waals surface area contributed by atoms with Gasteiger partial charge in [0.1, 0.15) is 0 Å². The van der Waals surface area contributed by atoms with Crippen LogP contribution in [0.15, 0.2) is 56.9 Å². The molecule has 0 radical (unpaired) electrons. The summed E-state index contributed by atoms with van der Waals surface area (Å²) in [5.74, 6) is -0.204. The van der Waals surface area contributed by atoms with Crippen molar-refractivity contribution in [3.63, 3.8) is 0 Å². The molecule has 0 saturated carbocycles. The van der Waals surface area contributed by atoms with Crippen molar-refractivity contribution in [3.8, 4) is 0 Å². The van der Waals surface area contributed by atoms with Crippen molar-refractivity contribution >= 4 is 27.2 Å². The molecular formula is C14H12N2O5S. The smallest absolute Gasteiger partial charge is 0.283 e. The number of nitrogens with zero attached hydrogens (tertiary/aromatic N) is 2. The first-order valence-corrected chi connectivity index (χ1v) is 7.65. The highest BCUT2D eigenvalue weighted by atomic mass is 32.2. The number of carbonyl (C=O) groups is 1. The van der Waals surface area contributed by atoms with Crippen molar-refractivity contribution in [1.29, 1.82) is 0 Å². The van der Waals surface area contributed by atoms with Crippen molar-refractivity contribution in [2.45, 2.75) is 18.7 Å². The lowest BCUT2D eigenvalue weighted by molar-refractivity contribution is -0.385. The quantitative estimate of drug-likeness (QED) is 0.482. The number of sulfonamides is 1. The zero-order valence-corrected chi connectivity index (χ0v) is 12.6. The summed E-state index contributed by atoms with van der Waals surface area (Å²) in [4.78, 5) is 21.2. The number of hydrogen-bond donors (Lipinski definition) is 0. The molecule has 114 valence electrons. The Labute approximate surface area is 126 Å². The molecule has 0 aromatic heterocycles. The van der Waals surface area contributed by atoms with Crippen molar-refractivity contribution in [3.05, 3.63) is 57.7 Å². The Morgan fingerprint density at radius 1 is 1.14 bits per heavy atom. The molecule has 0 unspecified atom stereocenters. The van der Waals surface area contributed by atoms with Crippen LogP contribution in [0.3, 0.4) is 0 Å². The van der Waals surface area contributed by atoms with Crippen molar-refractivity contribution in [2.24, 2.45) is 4.40 Å². The molecule has 1 aliphatic rings. The second kappa shape index (κ2) is 5.64. The third-order valence-electron chi connectivity index (χ3n) is 3.04. The van der Waals surface area contributed by atoms with Gasteiger partial charge in [-0.1, -0.05) is 6.07 Å². The van der Waals surface area contributed by atoms with Gasteiger partial charge in [0.25, 0.3) is 15.7 Å². The predicted molar refractivity (Wildman–Crippen MR) is 80.2 cm³/mol. The molecule has 1 aromatic carbocycles. The van der Waals surface area contributed by atoms with E-state index in [0.29, 0.717) is 11.1 Å². The topological polar surface area (TPSA) is 107 Å². The van der Waals surface area contributed by atoms with E-state index in [-0.39, 0.29) is 22.1 Å². The Morgan fingerprint density at radius 2 is 1.82 bits per heavy atom. The molecular weight excluding hydrogens is 308 g/mol. The van der Waals surface area contributed by atoms with Gasteiger partial charge in [0.05, 0.1) is 15.5 Å². The first kappa shape index (κ1) is 15.8. The predicted octanol–water partition coefficient (Wildman–Crippen LogP) is 2.20. The Morgan fingerprint density at radius 3 is 2.45 bits per heavy atom. The Kier molecular flexibility index (Phi) is 4.05. The van der Waals surface area contributed by atoms with E-state index in [4.69, 9.17) is 0 Å². The van der Waals surface area contributed by atoms with Crippen LogP contribution >= 0.6 is 0 Å². The first-order chi connectivity index (χ1) is 10.2. The van der Waals surface area contributed by atoms with E-state index in [1.54, 1.807) is 13.8 Å². The number of hydrogen-bond acceptors (Lipinski definition) is 5. The highest BCUT2D eigenvalue weighted by molar-refractivity contribution is 7.90. The Bertz CT molecular complexity index is 863. The second-order valence-corrected chi connectivity index (χ2v) is 6.33. The number of carbonyl (C=O) groups excluding carboxylic acids is 1. The molecule has 0 fully saturated rings. The molecule has 0 saturated heterocycles. The standard InChI is InChI=1S/C14H12N2O5S/c1-9-7-14(17)10(2)6-13(9)15-22(20,21)12-5-3-4-11(8-12)16(18)19/h3-8H,1-2H3/b15-13-. The average Bonchev–Trinajstić information content (AvgIpc) is 2.44. The van der Waals surface area contributed by atoms with E-state index in [1.165, 1.54) is 30.4 Å². The summed E-state index contributed by atoms with van der Waals surface area (Å²) in [6.07, 6.45) is 2.68. The summed E-state index contributed by atoms with van der Waals surface area (Å²) in [7, 11) is -4.10. The van der Waals surface area contributed by atoms with E-state index < -0.39 is 14.9 Å². The molecule has 0 aliphatic heterocycles. The highest BCUT2D eigenvalue weighted by Gasteiger charge is 2.20. The molecule has 7 nitrogen and oxygen atoms in total. The summed E-state index contributed by atoms with van der Waals surface area (Å²) >= 11 is 0. The van der Waals surface area contributed by atoms with E-state index in [0.717, 1.165) is 6.07 Å². The number of ketones is 1. The first-order valence-electron chi connectivity index (χ1n) is 6.21. The molecule has 22 heavy (non-hydrogen) atoms. The fraction of sp³-hybridized carbons (Fsp3) is 0.143. The van der Waals surface area contributed by atoms with Crippen LogP contribution in [-0.2, 0) is 14.8 Å². The van der Waals surface area contributed by atoms with Crippen molar-refractivity contribution in [2.75, 3.05) is 0 Å². The van der Waals surface area contributed by atoms with Gasteiger partial charge < -0.3 is 0 Å². The lowest BCUT2D eigenvalue weighted by Crippen LogP contribution is -2.12. The molecule has 0 N–H and O–H groups in total. The molecule has 0 amide bonds. The van der Waals surface area contributed by atoms with Crippen LogP contribution in [0.5, 0.6) is 0 Å². The van der Waals surface area contributed by atoms with Gasteiger partial charge in [0.15, 0.2) is 5.78 Å². The number of nitro benzene ring substituents is 1. The van der Waals surface area contributed by atoms with E-state index in [2.05, 4.69) is 4.40 Å². The van der Waals surface area contributed by atoms with Gasteiger partial charge in [-0.05, 0) is 43.2 Å². The van der Waals surface area contributed by atoms with Crippen LogP contribution < -0.4 is 0 Å². The normalized spacial score (nSPS) is 17.2. The summed E-state index contributed by atoms with van der Waals surface area (Å²) < 4.78 is 28.2. The zero-order valence-electron chi connectivity index (χ0n) is 11.8. The fourth-order valence-corrected chi connectivity index (χ4v) is 2.89. The maximum absolute atomic E-state index is 12.3. The van der Waals surface area contributed by atoms with Crippen LogP contribution in [0.4, 0.5) is 5.69 Å². The summed E-state index contributed by atoms with van der Waals surface area (Å²) in [6.45, 7) is 3.13. The number of benzene rings is 1. The van der Waals surface area contributed by atoms with Gasteiger partial charge in [-0.2, -0.15) is 12.8 Å². The zero-order chi connectivity index (χ0) is 16.5. The molecule has 0 bridgehead atoms. The fourth-order valence-electron chi connectivity index (χ4n) is 1.81. The molecule has 8 heteroatoms. The van der Waals surface area contributed by atoms with Crippen LogP contribution in [0, 0.1) is 10.1 Å². The molecule has 1 aliphatic carbocycles. The van der Waals surface area contributed by atoms with Crippen LogP contribution in [0.2, 0.25) is 0 Å². The van der Waals surface area contributed by atoms with Gasteiger partial charge in [0.2, 0.25) is 0 Å². The molecule has 0 spiro atoms. The molecule has 2 rings (SSSR count). The maximum atomic E-state index is 12.3. The number of nitro groups is 1. The van der Waals surface area contributed by atoms with E-state index in [9.17, 15) is 23.3 Å². The monoisotopic (exact) mass is 320 g/mol. The van der Waals surface area contributed by atoms with Crippen LogP contribution in [0.1, 0.15) is 13.8 Å². The van der Waals surface area contributed by atoms with Gasteiger partial charge in [-0.15, -0.1) is 0 Å². The van der Waals surface area contributed by atoms with Crippen LogP contribution in [0.25, 0.3) is 0 Å². The largest absolute Gasteiger partial charge is 0.290 e. The SMILES string of the molecule is CC1=C/C(=N/S(=O)(=O)c2cccc([N+](=O)[O-])c2)C(C)=CC1=O. The Hall–Kier alpha value is -2.61. The van der Waals surface area contributed by atoms with E-state index >= 15 is 0 Å². The average molecular weight is 320 g/mol.